The van der Waals surface area contributed by atoms with Gasteiger partial charge in [0, 0.05) is 13.6 Å². The van der Waals surface area contributed by atoms with E-state index in [2.05, 4.69) is 10.6 Å². The Morgan fingerprint density at radius 1 is 1.47 bits per heavy atom. The Morgan fingerprint density at radius 2 is 2.18 bits per heavy atom. The van der Waals surface area contributed by atoms with E-state index < -0.39 is 6.04 Å². The molecule has 0 aliphatic carbocycles. The predicted molar refractivity (Wildman–Crippen MR) is 66.6 cm³/mol. The summed E-state index contributed by atoms with van der Waals surface area (Å²) < 4.78 is 0. The van der Waals surface area contributed by atoms with E-state index in [4.69, 9.17) is 0 Å². The molecule has 2 amide bonds. The van der Waals surface area contributed by atoms with Crippen LogP contribution in [0.4, 0.5) is 0 Å². The van der Waals surface area contributed by atoms with Crippen LogP contribution in [0, 0.1) is 0 Å². The van der Waals surface area contributed by atoms with Gasteiger partial charge in [-0.2, -0.15) is 0 Å². The van der Waals surface area contributed by atoms with Crippen molar-refractivity contribution in [3.05, 3.63) is 0 Å². The molecule has 5 heteroatoms. The molecule has 17 heavy (non-hydrogen) atoms. The molecule has 1 saturated heterocycles. The van der Waals surface area contributed by atoms with Crippen LogP contribution in [0.3, 0.4) is 0 Å². The topological polar surface area (TPSA) is 61.4 Å². The molecule has 1 aliphatic rings. The highest BCUT2D eigenvalue weighted by Crippen LogP contribution is 2.07. The molecular weight excluding hydrogens is 218 g/mol. The first-order valence-corrected chi connectivity index (χ1v) is 6.35. The minimum Gasteiger partial charge on any atom is -0.344 e. The van der Waals surface area contributed by atoms with Crippen molar-refractivity contribution in [3.63, 3.8) is 0 Å². The van der Waals surface area contributed by atoms with Gasteiger partial charge >= 0.3 is 0 Å². The standard InChI is InChI=1S/C12H23N3O2/c1-4-15(3)12(17)9(2)14-11(16)10-7-5-6-8-13-10/h9-10,13H,4-8H2,1-3H3,(H,14,16). The number of amides is 2. The predicted octanol–water partition coefficient (Wildman–Crippen LogP) is 0.112. The van der Waals surface area contributed by atoms with E-state index in [0.29, 0.717) is 6.54 Å². The summed E-state index contributed by atoms with van der Waals surface area (Å²) in [4.78, 5) is 25.3. The van der Waals surface area contributed by atoms with Gasteiger partial charge in [0.05, 0.1) is 6.04 Å². The summed E-state index contributed by atoms with van der Waals surface area (Å²) in [7, 11) is 1.74. The van der Waals surface area contributed by atoms with Gasteiger partial charge in [-0.15, -0.1) is 0 Å². The molecule has 1 fully saturated rings. The fraction of sp³-hybridized carbons (Fsp3) is 0.833. The first-order valence-electron chi connectivity index (χ1n) is 6.35. The quantitative estimate of drug-likeness (QED) is 0.734. The number of piperidine rings is 1. The van der Waals surface area contributed by atoms with Crippen LogP contribution in [-0.4, -0.2) is 48.9 Å². The first-order chi connectivity index (χ1) is 8.06. The number of nitrogens with one attached hydrogen (secondary N) is 2. The number of nitrogens with zero attached hydrogens (tertiary/aromatic N) is 1. The van der Waals surface area contributed by atoms with E-state index in [-0.39, 0.29) is 17.9 Å². The summed E-state index contributed by atoms with van der Waals surface area (Å²) in [5.41, 5.74) is 0. The average molecular weight is 241 g/mol. The summed E-state index contributed by atoms with van der Waals surface area (Å²) in [5, 5.41) is 5.94. The molecule has 0 aromatic carbocycles. The van der Waals surface area contributed by atoms with Gasteiger partial charge in [-0.05, 0) is 33.2 Å². The lowest BCUT2D eigenvalue weighted by molar-refractivity contribution is -0.135. The summed E-state index contributed by atoms with van der Waals surface area (Å²) >= 11 is 0. The molecule has 0 saturated carbocycles. The van der Waals surface area contributed by atoms with Crippen LogP contribution in [0.25, 0.3) is 0 Å². The molecule has 0 aromatic heterocycles. The van der Waals surface area contributed by atoms with E-state index in [1.807, 2.05) is 6.92 Å². The van der Waals surface area contributed by atoms with Crippen molar-refractivity contribution < 1.29 is 9.59 Å². The fourth-order valence-electron chi connectivity index (χ4n) is 1.94. The van der Waals surface area contributed by atoms with Crippen LogP contribution in [-0.2, 0) is 9.59 Å². The van der Waals surface area contributed by atoms with Gasteiger partial charge in [-0.25, -0.2) is 0 Å². The van der Waals surface area contributed by atoms with Gasteiger partial charge in [0.15, 0.2) is 0 Å². The average Bonchev–Trinajstić information content (AvgIpc) is 2.37. The molecule has 0 aromatic rings. The molecule has 0 spiro atoms. The lowest BCUT2D eigenvalue weighted by Crippen LogP contribution is -2.52. The monoisotopic (exact) mass is 241 g/mol. The van der Waals surface area contributed by atoms with Crippen LogP contribution >= 0.6 is 0 Å². The Labute approximate surface area is 103 Å². The second kappa shape index (κ2) is 6.59. The molecule has 2 unspecified atom stereocenters. The summed E-state index contributed by atoms with van der Waals surface area (Å²) in [5.74, 6) is -0.105. The van der Waals surface area contributed by atoms with Crippen molar-refractivity contribution >= 4 is 11.8 Å². The third kappa shape index (κ3) is 4.00. The lowest BCUT2D eigenvalue weighted by atomic mass is 10.0. The molecule has 2 atom stereocenters. The minimum absolute atomic E-state index is 0.0448. The van der Waals surface area contributed by atoms with Gasteiger partial charge in [-0.3, -0.25) is 9.59 Å². The fourth-order valence-corrected chi connectivity index (χ4v) is 1.94. The zero-order chi connectivity index (χ0) is 12.8. The molecule has 1 aliphatic heterocycles. The van der Waals surface area contributed by atoms with Crippen molar-refractivity contribution in [2.75, 3.05) is 20.1 Å². The Morgan fingerprint density at radius 3 is 2.71 bits per heavy atom. The van der Waals surface area contributed by atoms with E-state index >= 15 is 0 Å². The Balaban J connectivity index is 2.41. The van der Waals surface area contributed by atoms with Crippen molar-refractivity contribution in [2.24, 2.45) is 0 Å². The summed E-state index contributed by atoms with van der Waals surface area (Å²) in [6.07, 6.45) is 3.05. The second-order valence-electron chi connectivity index (χ2n) is 4.59. The van der Waals surface area contributed by atoms with Crippen molar-refractivity contribution in [1.82, 2.24) is 15.5 Å². The number of carbonyl (C=O) groups is 2. The molecular formula is C12H23N3O2. The Hall–Kier alpha value is -1.10. The smallest absolute Gasteiger partial charge is 0.244 e. The van der Waals surface area contributed by atoms with Crippen molar-refractivity contribution in [3.8, 4) is 0 Å². The van der Waals surface area contributed by atoms with Crippen LogP contribution in [0.5, 0.6) is 0 Å². The zero-order valence-corrected chi connectivity index (χ0v) is 11.0. The van der Waals surface area contributed by atoms with Crippen molar-refractivity contribution in [1.29, 1.82) is 0 Å². The molecule has 0 radical (unpaired) electrons. The van der Waals surface area contributed by atoms with E-state index in [9.17, 15) is 9.59 Å². The van der Waals surface area contributed by atoms with Gasteiger partial charge < -0.3 is 15.5 Å². The third-order valence-corrected chi connectivity index (χ3v) is 3.21. The highest BCUT2D eigenvalue weighted by atomic mass is 16.2. The van der Waals surface area contributed by atoms with E-state index in [0.717, 1.165) is 25.8 Å². The molecule has 0 bridgehead atoms. The highest BCUT2D eigenvalue weighted by molar-refractivity contribution is 5.89. The highest BCUT2D eigenvalue weighted by Gasteiger charge is 2.24. The SMILES string of the molecule is CCN(C)C(=O)C(C)NC(=O)C1CCCCN1. The van der Waals surface area contributed by atoms with Gasteiger partial charge in [0.2, 0.25) is 11.8 Å². The number of hydrogen-bond acceptors (Lipinski definition) is 3. The minimum atomic E-state index is -0.448. The van der Waals surface area contributed by atoms with Crippen LogP contribution < -0.4 is 10.6 Å². The molecule has 98 valence electrons. The van der Waals surface area contributed by atoms with Crippen LogP contribution in [0.2, 0.25) is 0 Å². The number of likely N-dealkylation sites (N-methyl/N-ethyl adjacent to an activating group) is 1. The number of rotatable bonds is 4. The van der Waals surface area contributed by atoms with Gasteiger partial charge in [0.25, 0.3) is 0 Å². The Bertz CT molecular complexity index is 275. The molecule has 1 heterocycles. The normalized spacial score (nSPS) is 21.7. The van der Waals surface area contributed by atoms with Crippen LogP contribution in [0.1, 0.15) is 33.1 Å². The molecule has 1 rings (SSSR count). The van der Waals surface area contributed by atoms with E-state index in [1.54, 1.807) is 18.9 Å². The molecule has 2 N–H and O–H groups in total. The van der Waals surface area contributed by atoms with Gasteiger partial charge in [-0.1, -0.05) is 6.42 Å². The lowest BCUT2D eigenvalue weighted by Gasteiger charge is -2.25. The summed E-state index contributed by atoms with van der Waals surface area (Å²) in [6.45, 7) is 5.18. The molecule has 5 nitrogen and oxygen atoms in total. The zero-order valence-electron chi connectivity index (χ0n) is 11.0. The largest absolute Gasteiger partial charge is 0.344 e. The third-order valence-electron chi connectivity index (χ3n) is 3.21. The number of carbonyl (C=O) groups excluding carboxylic acids is 2. The first kappa shape index (κ1) is 14.0. The van der Waals surface area contributed by atoms with Gasteiger partial charge in [0.1, 0.15) is 6.04 Å². The van der Waals surface area contributed by atoms with Crippen molar-refractivity contribution in [2.45, 2.75) is 45.2 Å². The van der Waals surface area contributed by atoms with Crippen LogP contribution in [0.15, 0.2) is 0 Å². The number of hydrogen-bond donors (Lipinski definition) is 2. The van der Waals surface area contributed by atoms with E-state index in [1.165, 1.54) is 0 Å². The summed E-state index contributed by atoms with van der Waals surface area (Å²) in [6, 6.07) is -0.581. The second-order valence-corrected chi connectivity index (χ2v) is 4.59. The maximum atomic E-state index is 11.9. The maximum Gasteiger partial charge on any atom is 0.244 e. The Kier molecular flexibility index (Phi) is 5.41. The maximum absolute atomic E-state index is 11.9.